The van der Waals surface area contributed by atoms with Crippen molar-refractivity contribution < 1.29 is 18.7 Å². The Morgan fingerprint density at radius 2 is 2.24 bits per heavy atom. The Labute approximate surface area is 125 Å². The highest BCUT2D eigenvalue weighted by molar-refractivity contribution is 5.74. The van der Waals surface area contributed by atoms with Gasteiger partial charge in [0.15, 0.2) is 0 Å². The van der Waals surface area contributed by atoms with Crippen LogP contribution in [0.1, 0.15) is 37.5 Å². The molecule has 2 N–H and O–H groups in total. The van der Waals surface area contributed by atoms with Crippen LogP contribution in [-0.4, -0.2) is 39.0 Å². The minimum atomic E-state index is -0.297. The summed E-state index contributed by atoms with van der Waals surface area (Å²) in [7, 11) is 3.29. The lowest BCUT2D eigenvalue weighted by Crippen LogP contribution is -2.50. The second-order valence-electron chi connectivity index (χ2n) is 5.31. The maximum Gasteiger partial charge on any atom is 0.315 e. The number of amides is 2. The number of hydrogen-bond donors (Lipinski definition) is 2. The molecule has 0 aromatic carbocycles. The molecular formula is C15H24N2O4. The maximum absolute atomic E-state index is 12.2. The number of rotatable bonds is 6. The monoisotopic (exact) mass is 296 g/mol. The fourth-order valence-electron chi connectivity index (χ4n) is 2.76. The van der Waals surface area contributed by atoms with Crippen molar-refractivity contribution in [1.82, 2.24) is 10.6 Å². The van der Waals surface area contributed by atoms with E-state index in [1.165, 1.54) is 0 Å². The van der Waals surface area contributed by atoms with Crippen LogP contribution in [0, 0.1) is 0 Å². The summed E-state index contributed by atoms with van der Waals surface area (Å²) in [6.45, 7) is 0.360. The number of ether oxygens (including phenoxy) is 2. The van der Waals surface area contributed by atoms with E-state index in [4.69, 9.17) is 13.9 Å². The van der Waals surface area contributed by atoms with Crippen molar-refractivity contribution in [3.8, 4) is 0 Å². The molecule has 1 aliphatic carbocycles. The van der Waals surface area contributed by atoms with E-state index in [0.29, 0.717) is 12.4 Å². The predicted octanol–water partition coefficient (Wildman–Crippen LogP) is 2.22. The topological polar surface area (TPSA) is 72.7 Å². The number of carbonyl (C=O) groups excluding carboxylic acids is 1. The molecule has 2 amide bonds. The molecule has 0 saturated heterocycles. The van der Waals surface area contributed by atoms with Gasteiger partial charge in [0.2, 0.25) is 0 Å². The molecule has 0 spiro atoms. The number of urea groups is 1. The zero-order chi connectivity index (χ0) is 15.1. The van der Waals surface area contributed by atoms with Crippen LogP contribution in [0.4, 0.5) is 4.79 Å². The summed E-state index contributed by atoms with van der Waals surface area (Å²) < 4.78 is 15.9. The van der Waals surface area contributed by atoms with Gasteiger partial charge >= 0.3 is 6.03 Å². The summed E-state index contributed by atoms with van der Waals surface area (Å²) in [5, 5.41) is 5.89. The first kappa shape index (κ1) is 15.9. The van der Waals surface area contributed by atoms with E-state index in [-0.39, 0.29) is 24.2 Å². The zero-order valence-corrected chi connectivity index (χ0v) is 12.6. The van der Waals surface area contributed by atoms with Gasteiger partial charge in [-0.25, -0.2) is 4.79 Å². The largest absolute Gasteiger partial charge is 0.467 e. The van der Waals surface area contributed by atoms with E-state index in [1.54, 1.807) is 26.5 Å². The average molecular weight is 296 g/mol. The van der Waals surface area contributed by atoms with Crippen molar-refractivity contribution in [1.29, 1.82) is 0 Å². The predicted molar refractivity (Wildman–Crippen MR) is 78.0 cm³/mol. The van der Waals surface area contributed by atoms with Gasteiger partial charge in [-0.3, -0.25) is 0 Å². The van der Waals surface area contributed by atoms with Crippen LogP contribution in [0.2, 0.25) is 0 Å². The van der Waals surface area contributed by atoms with Crippen LogP contribution in [0.3, 0.4) is 0 Å². The van der Waals surface area contributed by atoms with E-state index in [0.717, 1.165) is 25.7 Å². The third-order valence-corrected chi connectivity index (χ3v) is 3.85. The van der Waals surface area contributed by atoms with Gasteiger partial charge in [-0.15, -0.1) is 0 Å². The number of methoxy groups -OCH3 is 2. The number of hydrogen-bond acceptors (Lipinski definition) is 4. The number of furan rings is 1. The molecule has 0 unspecified atom stereocenters. The van der Waals surface area contributed by atoms with Gasteiger partial charge in [0.05, 0.1) is 25.0 Å². The van der Waals surface area contributed by atoms with Crippen molar-refractivity contribution in [3.63, 3.8) is 0 Å². The van der Waals surface area contributed by atoms with Gasteiger partial charge in [-0.05, 0) is 25.0 Å². The Hall–Kier alpha value is -1.53. The zero-order valence-electron chi connectivity index (χ0n) is 12.6. The Morgan fingerprint density at radius 3 is 2.90 bits per heavy atom. The van der Waals surface area contributed by atoms with Crippen molar-refractivity contribution in [3.05, 3.63) is 24.2 Å². The molecule has 0 aliphatic heterocycles. The molecule has 1 aromatic heterocycles. The van der Waals surface area contributed by atoms with Crippen LogP contribution in [-0.2, 0) is 9.47 Å². The highest BCUT2D eigenvalue weighted by atomic mass is 16.5. The summed E-state index contributed by atoms with van der Waals surface area (Å²) >= 11 is 0. The summed E-state index contributed by atoms with van der Waals surface area (Å²) in [5.41, 5.74) is 0. The molecule has 0 radical (unpaired) electrons. The molecule has 21 heavy (non-hydrogen) atoms. The van der Waals surface area contributed by atoms with E-state index in [9.17, 15) is 4.79 Å². The lowest BCUT2D eigenvalue weighted by atomic mass is 9.92. The molecule has 118 valence electrons. The lowest BCUT2D eigenvalue weighted by Gasteiger charge is -2.31. The molecule has 3 atom stereocenters. The van der Waals surface area contributed by atoms with Gasteiger partial charge in [-0.1, -0.05) is 12.8 Å². The molecule has 1 saturated carbocycles. The first-order valence-electron chi connectivity index (χ1n) is 7.36. The van der Waals surface area contributed by atoms with Gasteiger partial charge in [0, 0.05) is 14.2 Å². The first-order valence-corrected chi connectivity index (χ1v) is 7.36. The molecule has 6 nitrogen and oxygen atoms in total. The third-order valence-electron chi connectivity index (χ3n) is 3.85. The molecule has 1 aromatic rings. The smallest absolute Gasteiger partial charge is 0.315 e. The van der Waals surface area contributed by atoms with E-state index >= 15 is 0 Å². The van der Waals surface area contributed by atoms with Crippen LogP contribution in [0.15, 0.2) is 22.8 Å². The minimum Gasteiger partial charge on any atom is -0.467 e. The molecule has 0 bridgehead atoms. The summed E-state index contributed by atoms with van der Waals surface area (Å²) in [6, 6.07) is 3.16. The number of nitrogens with one attached hydrogen (secondary N) is 2. The molecular weight excluding hydrogens is 272 g/mol. The van der Waals surface area contributed by atoms with Gasteiger partial charge in [-0.2, -0.15) is 0 Å². The van der Waals surface area contributed by atoms with Crippen LogP contribution in [0.5, 0.6) is 0 Å². The Kier molecular flexibility index (Phi) is 6.07. The molecule has 2 rings (SSSR count). The molecule has 1 fully saturated rings. The summed E-state index contributed by atoms with van der Waals surface area (Å²) in [5.74, 6) is 0.680. The van der Waals surface area contributed by atoms with Gasteiger partial charge in [0.1, 0.15) is 11.8 Å². The molecule has 1 aliphatic rings. The second-order valence-corrected chi connectivity index (χ2v) is 5.31. The van der Waals surface area contributed by atoms with Crippen LogP contribution in [0.25, 0.3) is 0 Å². The van der Waals surface area contributed by atoms with Crippen molar-refractivity contribution in [2.45, 2.75) is 43.9 Å². The second kappa shape index (κ2) is 8.05. The Bertz CT molecular complexity index is 421. The van der Waals surface area contributed by atoms with Crippen LogP contribution < -0.4 is 10.6 Å². The standard InChI is InChI=1S/C15H24N2O4/c1-19-10-12(14-8-5-9-21-14)17-15(18)16-11-6-3-4-7-13(11)20-2/h5,8-9,11-13H,3-4,6-7,10H2,1-2H3,(H2,16,17,18)/t11-,12-,13-/m0/s1. The van der Waals surface area contributed by atoms with Crippen molar-refractivity contribution >= 4 is 6.03 Å². The third kappa shape index (κ3) is 4.47. The average Bonchev–Trinajstić information content (AvgIpc) is 3.01. The maximum atomic E-state index is 12.2. The van der Waals surface area contributed by atoms with Gasteiger partial charge in [0.25, 0.3) is 0 Å². The lowest BCUT2D eigenvalue weighted by molar-refractivity contribution is 0.0447. The van der Waals surface area contributed by atoms with Crippen molar-refractivity contribution in [2.24, 2.45) is 0 Å². The summed E-state index contributed by atoms with van der Waals surface area (Å²) in [4.78, 5) is 12.2. The summed E-state index contributed by atoms with van der Waals surface area (Å²) in [6.07, 6.45) is 5.87. The van der Waals surface area contributed by atoms with Gasteiger partial charge < -0.3 is 24.5 Å². The SMILES string of the molecule is COC[C@H](NC(=O)N[C@H]1CCCC[C@@H]1OC)c1ccco1. The quantitative estimate of drug-likeness (QED) is 0.844. The van der Waals surface area contributed by atoms with Crippen molar-refractivity contribution in [2.75, 3.05) is 20.8 Å². The van der Waals surface area contributed by atoms with Crippen LogP contribution >= 0.6 is 0 Å². The first-order chi connectivity index (χ1) is 10.2. The molecule has 1 heterocycles. The Morgan fingerprint density at radius 1 is 1.43 bits per heavy atom. The van der Waals surface area contributed by atoms with E-state index in [1.807, 2.05) is 6.07 Å². The molecule has 6 heteroatoms. The normalized spacial score (nSPS) is 23.5. The van der Waals surface area contributed by atoms with E-state index in [2.05, 4.69) is 10.6 Å². The Balaban J connectivity index is 1.89. The minimum absolute atomic E-state index is 0.0588. The number of carbonyl (C=O) groups is 1. The van der Waals surface area contributed by atoms with E-state index < -0.39 is 0 Å². The fourth-order valence-corrected chi connectivity index (χ4v) is 2.76. The fraction of sp³-hybridized carbons (Fsp3) is 0.667. The highest BCUT2D eigenvalue weighted by Gasteiger charge is 2.27. The highest BCUT2D eigenvalue weighted by Crippen LogP contribution is 2.21.